The van der Waals surface area contributed by atoms with Gasteiger partial charge in [0, 0.05) is 0 Å². The molecule has 0 aliphatic carbocycles. The first-order chi connectivity index (χ1) is 11.2. The number of hydrogen-bond donors (Lipinski definition) is 2. The minimum absolute atomic E-state index is 0. The van der Waals surface area contributed by atoms with Crippen LogP contribution in [0.1, 0.15) is 91.3 Å². The molecule has 0 rings (SSSR count). The molecule has 0 heterocycles. The Bertz CT molecular complexity index is 451. The summed E-state index contributed by atoms with van der Waals surface area (Å²) in [6.07, 6.45) is 14.4. The van der Waals surface area contributed by atoms with E-state index in [2.05, 4.69) is 0 Å². The van der Waals surface area contributed by atoms with Crippen molar-refractivity contribution in [2.24, 2.45) is 0 Å². The zero-order valence-corrected chi connectivity index (χ0v) is 20.4. The Morgan fingerprint density at radius 1 is 0.440 bits per heavy atom. The van der Waals surface area contributed by atoms with Crippen LogP contribution in [0.15, 0.2) is 0 Å². The van der Waals surface area contributed by atoms with Crippen LogP contribution in [0.25, 0.3) is 0 Å². The molecule has 2 N–H and O–H groups in total. The molecule has 9 heteroatoms. The van der Waals surface area contributed by atoms with E-state index in [-0.39, 0.29) is 64.3 Å². The van der Waals surface area contributed by atoms with E-state index in [1.165, 1.54) is 38.5 Å². The summed E-state index contributed by atoms with van der Waals surface area (Å²) in [6, 6.07) is 0. The van der Waals surface area contributed by atoms with Gasteiger partial charge < -0.3 is 1.43 Å². The van der Waals surface area contributed by atoms with Gasteiger partial charge in [-0.25, -0.2) is 0 Å². The molecule has 0 saturated heterocycles. The fourth-order valence-electron chi connectivity index (χ4n) is 2.69. The van der Waals surface area contributed by atoms with Crippen molar-refractivity contribution in [3.8, 4) is 0 Å². The molecular weight excluding hydrogens is 391 g/mol. The zero-order chi connectivity index (χ0) is 18.3. The van der Waals surface area contributed by atoms with Crippen LogP contribution in [-0.4, -0.2) is 37.4 Å². The van der Waals surface area contributed by atoms with E-state index < -0.39 is 20.2 Å². The molecule has 0 aromatic rings. The van der Waals surface area contributed by atoms with Gasteiger partial charge >= 0.3 is 51.4 Å². The molecule has 0 amide bonds. The second kappa shape index (κ2) is 17.5. The Morgan fingerprint density at radius 2 is 0.600 bits per heavy atom. The molecule has 0 aromatic carbocycles. The SMILES string of the molecule is O=S(=O)(O)CCCCCCCCCCCCCCCCS(=O)(=O)O.[H-].[K+]. The molecule has 0 radical (unpaired) electrons. The topological polar surface area (TPSA) is 109 Å². The van der Waals surface area contributed by atoms with Crippen molar-refractivity contribution in [1.29, 1.82) is 0 Å². The summed E-state index contributed by atoms with van der Waals surface area (Å²) in [7, 11) is -7.57. The largest absolute Gasteiger partial charge is 1.00 e. The molecule has 0 saturated carbocycles. The van der Waals surface area contributed by atoms with Gasteiger partial charge in [0.15, 0.2) is 0 Å². The Hall–Kier alpha value is 1.46. The quantitative estimate of drug-likeness (QED) is 0.206. The van der Waals surface area contributed by atoms with Crippen LogP contribution in [0, 0.1) is 0 Å². The van der Waals surface area contributed by atoms with Gasteiger partial charge in [-0.15, -0.1) is 0 Å². The van der Waals surface area contributed by atoms with E-state index in [4.69, 9.17) is 9.11 Å². The predicted molar refractivity (Wildman–Crippen MR) is 98.6 cm³/mol. The van der Waals surface area contributed by atoms with Gasteiger partial charge in [-0.2, -0.15) is 16.8 Å². The van der Waals surface area contributed by atoms with Crippen molar-refractivity contribution >= 4 is 20.2 Å². The molecular formula is C16H35KO6S2. The van der Waals surface area contributed by atoms with E-state index in [1.54, 1.807) is 0 Å². The van der Waals surface area contributed by atoms with Gasteiger partial charge in [-0.3, -0.25) is 9.11 Å². The van der Waals surface area contributed by atoms with Crippen LogP contribution in [0.2, 0.25) is 0 Å². The average molecular weight is 427 g/mol. The van der Waals surface area contributed by atoms with Crippen LogP contribution in [0.3, 0.4) is 0 Å². The minimum atomic E-state index is -3.79. The number of unbranched alkanes of at least 4 members (excludes halogenated alkanes) is 13. The first kappa shape index (κ1) is 28.7. The fraction of sp³-hybridized carbons (Fsp3) is 1.00. The van der Waals surface area contributed by atoms with Crippen molar-refractivity contribution in [2.45, 2.75) is 89.9 Å². The van der Waals surface area contributed by atoms with E-state index in [0.29, 0.717) is 12.8 Å². The molecule has 0 fully saturated rings. The maximum atomic E-state index is 10.5. The zero-order valence-electron chi connectivity index (χ0n) is 16.7. The summed E-state index contributed by atoms with van der Waals surface area (Å²) >= 11 is 0. The van der Waals surface area contributed by atoms with Gasteiger partial charge in [0.25, 0.3) is 20.2 Å². The van der Waals surface area contributed by atoms with Gasteiger partial charge in [-0.05, 0) is 12.8 Å². The normalized spacial score (nSPS) is 12.1. The molecule has 6 nitrogen and oxygen atoms in total. The summed E-state index contributed by atoms with van der Waals surface area (Å²) in [5, 5.41) is 0. The van der Waals surface area contributed by atoms with Crippen molar-refractivity contribution < 1.29 is 78.8 Å². The summed E-state index contributed by atoms with van der Waals surface area (Å²) in [6.45, 7) is 0. The Kier molecular flexibility index (Phi) is 20.1. The second-order valence-corrected chi connectivity index (χ2v) is 9.67. The molecule has 25 heavy (non-hydrogen) atoms. The third-order valence-electron chi connectivity index (χ3n) is 4.05. The Labute approximate surface area is 198 Å². The summed E-state index contributed by atoms with van der Waals surface area (Å²) in [4.78, 5) is 0. The Balaban J connectivity index is -0.00000264. The van der Waals surface area contributed by atoms with E-state index in [9.17, 15) is 16.8 Å². The first-order valence-electron chi connectivity index (χ1n) is 9.11. The summed E-state index contributed by atoms with van der Waals surface area (Å²) in [5.74, 6) is -0.244. The predicted octanol–water partition coefficient (Wildman–Crippen LogP) is 1.34. The molecule has 0 unspecified atom stereocenters. The van der Waals surface area contributed by atoms with Gasteiger partial charge in [0.05, 0.1) is 11.5 Å². The van der Waals surface area contributed by atoms with E-state index >= 15 is 0 Å². The van der Waals surface area contributed by atoms with Gasteiger partial charge in [0.2, 0.25) is 0 Å². The molecule has 0 bridgehead atoms. The summed E-state index contributed by atoms with van der Waals surface area (Å²) < 4.78 is 59.3. The first-order valence-corrected chi connectivity index (χ1v) is 12.3. The maximum Gasteiger partial charge on any atom is 1.00 e. The Morgan fingerprint density at radius 3 is 0.760 bits per heavy atom. The second-order valence-electron chi connectivity index (χ2n) is 6.52. The molecule has 0 aromatic heterocycles. The average Bonchev–Trinajstić information content (AvgIpc) is 2.44. The molecule has 148 valence electrons. The molecule has 0 aliphatic heterocycles. The van der Waals surface area contributed by atoms with Crippen molar-refractivity contribution in [3.63, 3.8) is 0 Å². The number of rotatable bonds is 17. The van der Waals surface area contributed by atoms with E-state index in [0.717, 1.165) is 38.5 Å². The third kappa shape index (κ3) is 27.8. The summed E-state index contributed by atoms with van der Waals surface area (Å²) in [5.41, 5.74) is 0. The van der Waals surface area contributed by atoms with Crippen molar-refractivity contribution in [2.75, 3.05) is 11.5 Å². The van der Waals surface area contributed by atoms with Crippen LogP contribution in [0.5, 0.6) is 0 Å². The van der Waals surface area contributed by atoms with Crippen molar-refractivity contribution in [1.82, 2.24) is 0 Å². The van der Waals surface area contributed by atoms with Crippen LogP contribution < -0.4 is 51.4 Å². The fourth-order valence-corrected chi connectivity index (χ4v) is 3.83. The smallest absolute Gasteiger partial charge is 1.00 e. The number of hydrogen-bond acceptors (Lipinski definition) is 4. The van der Waals surface area contributed by atoms with Crippen LogP contribution in [-0.2, 0) is 20.2 Å². The van der Waals surface area contributed by atoms with Crippen LogP contribution in [0.4, 0.5) is 0 Å². The monoisotopic (exact) mass is 426 g/mol. The van der Waals surface area contributed by atoms with E-state index in [1.807, 2.05) is 0 Å². The molecule has 0 aliphatic rings. The van der Waals surface area contributed by atoms with Gasteiger partial charge in [-0.1, -0.05) is 77.0 Å². The maximum absolute atomic E-state index is 10.5. The van der Waals surface area contributed by atoms with Crippen LogP contribution >= 0.6 is 0 Å². The molecule has 0 spiro atoms. The minimum Gasteiger partial charge on any atom is -1.00 e. The standard InChI is InChI=1S/C16H34O6S2.K.H/c17-23(18,19)15-13-11-9-7-5-3-1-2-4-6-8-10-12-14-16-24(20,21)22;;/h1-16H2,(H,17,18,19)(H,20,21,22);;/q;+1;-1. The molecule has 0 atom stereocenters. The third-order valence-corrected chi connectivity index (χ3v) is 5.66. The van der Waals surface area contributed by atoms with Gasteiger partial charge in [0.1, 0.15) is 0 Å². The van der Waals surface area contributed by atoms with Crippen molar-refractivity contribution in [3.05, 3.63) is 0 Å².